The van der Waals surface area contributed by atoms with Gasteiger partial charge in [-0.25, -0.2) is 9.59 Å². The summed E-state index contributed by atoms with van der Waals surface area (Å²) < 4.78 is 50.0. The highest BCUT2D eigenvalue weighted by molar-refractivity contribution is 5.95. The van der Waals surface area contributed by atoms with Gasteiger partial charge in [0.2, 0.25) is 0 Å². The molecule has 12 heteroatoms. The number of hydrogen-bond donors (Lipinski definition) is 1. The molecule has 0 aliphatic carbocycles. The molecule has 0 saturated heterocycles. The van der Waals surface area contributed by atoms with Gasteiger partial charge in [0.25, 0.3) is 5.69 Å². The summed E-state index contributed by atoms with van der Waals surface area (Å²) in [5.74, 6) is -0.922. The van der Waals surface area contributed by atoms with Crippen LogP contribution in [0, 0.1) is 10.1 Å². The van der Waals surface area contributed by atoms with E-state index in [2.05, 4.69) is 5.32 Å². The van der Waals surface area contributed by atoms with E-state index in [0.29, 0.717) is 0 Å². The van der Waals surface area contributed by atoms with E-state index in [1.54, 1.807) is 13.8 Å². The third-order valence-corrected chi connectivity index (χ3v) is 5.20. The maximum atomic E-state index is 13.1. The number of benzene rings is 2. The summed E-state index contributed by atoms with van der Waals surface area (Å²) in [6.07, 6.45) is -4.58. The Labute approximate surface area is 198 Å². The van der Waals surface area contributed by atoms with E-state index in [1.807, 2.05) is 0 Å². The fraction of sp³-hybridized carbons (Fsp3) is 0.304. The van der Waals surface area contributed by atoms with Gasteiger partial charge in [0, 0.05) is 18.7 Å². The number of halogens is 3. The number of nitrogens with zero attached hydrogens (tertiary/aromatic N) is 2. The van der Waals surface area contributed by atoms with Crippen molar-refractivity contribution in [1.29, 1.82) is 0 Å². The Morgan fingerprint density at radius 3 is 2.51 bits per heavy atom. The Balaban J connectivity index is 2.08. The summed E-state index contributed by atoms with van der Waals surface area (Å²) in [6.45, 7) is 2.91. The van der Waals surface area contributed by atoms with Crippen molar-refractivity contribution in [2.75, 3.05) is 19.8 Å². The lowest BCUT2D eigenvalue weighted by molar-refractivity contribution is -0.384. The number of hydrogen-bond acceptors (Lipinski definition) is 6. The highest BCUT2D eigenvalue weighted by Crippen LogP contribution is 2.34. The van der Waals surface area contributed by atoms with Crippen LogP contribution in [0.1, 0.15) is 31.0 Å². The highest BCUT2D eigenvalue weighted by Gasteiger charge is 2.38. The SMILES string of the molecule is CCOC(=O)C1=C(COc2cccc(C(F)(F)F)c2)N(CC)C(=O)NC1c1cccc([N+](=O)[O-])c1. The molecule has 1 heterocycles. The lowest BCUT2D eigenvalue weighted by Gasteiger charge is -2.36. The minimum Gasteiger partial charge on any atom is -0.487 e. The molecule has 0 bridgehead atoms. The second-order valence-corrected chi connectivity index (χ2v) is 7.37. The highest BCUT2D eigenvalue weighted by atomic mass is 19.4. The fourth-order valence-electron chi connectivity index (χ4n) is 3.62. The molecule has 1 atom stereocenters. The van der Waals surface area contributed by atoms with Gasteiger partial charge in [-0.15, -0.1) is 0 Å². The van der Waals surface area contributed by atoms with E-state index >= 15 is 0 Å². The van der Waals surface area contributed by atoms with Gasteiger partial charge in [0.15, 0.2) is 0 Å². The topological polar surface area (TPSA) is 111 Å². The second-order valence-electron chi connectivity index (χ2n) is 7.37. The van der Waals surface area contributed by atoms with Crippen LogP contribution in [-0.4, -0.2) is 41.6 Å². The third kappa shape index (κ3) is 5.70. The van der Waals surface area contributed by atoms with E-state index in [0.717, 1.165) is 12.1 Å². The molecule has 1 unspecified atom stereocenters. The van der Waals surface area contributed by atoms with Crippen molar-refractivity contribution in [3.63, 3.8) is 0 Å². The largest absolute Gasteiger partial charge is 0.487 e. The van der Waals surface area contributed by atoms with E-state index in [-0.39, 0.29) is 41.4 Å². The quantitative estimate of drug-likeness (QED) is 0.327. The van der Waals surface area contributed by atoms with Crippen molar-refractivity contribution in [3.8, 4) is 5.75 Å². The van der Waals surface area contributed by atoms with Gasteiger partial charge in [0.1, 0.15) is 12.4 Å². The summed E-state index contributed by atoms with van der Waals surface area (Å²) in [4.78, 5) is 37.7. The maximum absolute atomic E-state index is 13.1. The van der Waals surface area contributed by atoms with Crippen molar-refractivity contribution < 1.29 is 37.2 Å². The number of non-ortho nitro benzene ring substituents is 1. The molecule has 2 aromatic carbocycles. The van der Waals surface area contributed by atoms with Crippen LogP contribution < -0.4 is 10.1 Å². The number of ether oxygens (including phenoxy) is 2. The number of nitro benzene ring substituents is 1. The van der Waals surface area contributed by atoms with Crippen LogP contribution in [0.3, 0.4) is 0 Å². The summed E-state index contributed by atoms with van der Waals surface area (Å²) in [6, 6.07) is 7.87. The fourth-order valence-corrected chi connectivity index (χ4v) is 3.62. The predicted molar refractivity (Wildman–Crippen MR) is 117 cm³/mol. The molecule has 9 nitrogen and oxygen atoms in total. The number of nitrogens with one attached hydrogen (secondary N) is 1. The lowest BCUT2D eigenvalue weighted by Crippen LogP contribution is -2.49. The van der Waals surface area contributed by atoms with E-state index in [9.17, 15) is 32.9 Å². The van der Waals surface area contributed by atoms with Crippen molar-refractivity contribution in [3.05, 3.63) is 81.0 Å². The predicted octanol–water partition coefficient (Wildman–Crippen LogP) is 4.60. The Morgan fingerprint density at radius 1 is 1.17 bits per heavy atom. The average Bonchev–Trinajstić information content (AvgIpc) is 2.82. The minimum atomic E-state index is -4.58. The number of urea groups is 1. The van der Waals surface area contributed by atoms with Gasteiger partial charge in [-0.2, -0.15) is 13.2 Å². The summed E-state index contributed by atoms with van der Waals surface area (Å²) in [7, 11) is 0. The molecular weight excluding hydrogens is 471 g/mol. The number of rotatable bonds is 8. The smallest absolute Gasteiger partial charge is 0.416 e. The first-order valence-corrected chi connectivity index (χ1v) is 10.6. The van der Waals surface area contributed by atoms with E-state index < -0.39 is 41.3 Å². The first-order valence-electron chi connectivity index (χ1n) is 10.6. The molecule has 186 valence electrons. The Kier molecular flexibility index (Phi) is 7.62. The zero-order chi connectivity index (χ0) is 25.8. The molecule has 0 aromatic heterocycles. The lowest BCUT2D eigenvalue weighted by atomic mass is 9.94. The van der Waals surface area contributed by atoms with Gasteiger partial charge in [-0.3, -0.25) is 15.0 Å². The number of amides is 2. The standard InChI is InChI=1S/C23H22F3N3O6/c1-3-28-18(13-35-17-10-6-8-15(12-17)23(24,25)26)19(21(30)34-4-2)20(27-22(28)31)14-7-5-9-16(11-14)29(32)33/h5-12,20H,3-4,13H2,1-2H3,(H,27,31). The number of carbonyl (C=O) groups is 2. The van der Waals surface area contributed by atoms with E-state index in [1.165, 1.54) is 41.3 Å². The Hall–Kier alpha value is -4.09. The van der Waals surface area contributed by atoms with Crippen LogP contribution in [0.2, 0.25) is 0 Å². The first-order chi connectivity index (χ1) is 16.6. The number of alkyl halides is 3. The number of esters is 1. The second kappa shape index (κ2) is 10.5. The summed E-state index contributed by atoms with van der Waals surface area (Å²) in [5, 5.41) is 13.9. The first kappa shape index (κ1) is 25.5. The average molecular weight is 493 g/mol. The third-order valence-electron chi connectivity index (χ3n) is 5.20. The van der Waals surface area contributed by atoms with Gasteiger partial charge in [0.05, 0.1) is 34.4 Å². The van der Waals surface area contributed by atoms with Crippen molar-refractivity contribution >= 4 is 17.7 Å². The van der Waals surface area contributed by atoms with Gasteiger partial charge >= 0.3 is 18.2 Å². The molecule has 1 N–H and O–H groups in total. The molecule has 35 heavy (non-hydrogen) atoms. The van der Waals surface area contributed by atoms with Crippen LogP contribution in [0.25, 0.3) is 0 Å². The van der Waals surface area contributed by atoms with Crippen molar-refractivity contribution in [2.45, 2.75) is 26.1 Å². The number of nitro groups is 1. The molecule has 1 aliphatic heterocycles. The Bertz CT molecular complexity index is 1170. The molecule has 0 spiro atoms. The van der Waals surface area contributed by atoms with Crippen LogP contribution in [0.15, 0.2) is 59.8 Å². The van der Waals surface area contributed by atoms with Gasteiger partial charge < -0.3 is 14.8 Å². The maximum Gasteiger partial charge on any atom is 0.416 e. The molecular formula is C23H22F3N3O6. The van der Waals surface area contributed by atoms with Crippen LogP contribution in [0.5, 0.6) is 5.75 Å². The summed E-state index contributed by atoms with van der Waals surface area (Å²) >= 11 is 0. The summed E-state index contributed by atoms with van der Waals surface area (Å²) in [5.41, 5.74) is -0.884. The molecule has 0 fully saturated rings. The number of carbonyl (C=O) groups excluding carboxylic acids is 2. The monoisotopic (exact) mass is 493 g/mol. The van der Waals surface area contributed by atoms with Crippen molar-refractivity contribution in [1.82, 2.24) is 10.2 Å². The van der Waals surface area contributed by atoms with Crippen molar-refractivity contribution in [2.24, 2.45) is 0 Å². The zero-order valence-corrected chi connectivity index (χ0v) is 18.8. The molecule has 2 amide bonds. The molecule has 2 aromatic rings. The molecule has 1 aliphatic rings. The Morgan fingerprint density at radius 2 is 1.89 bits per heavy atom. The normalized spacial score (nSPS) is 16.1. The molecule has 0 saturated carbocycles. The van der Waals surface area contributed by atoms with Gasteiger partial charge in [-0.1, -0.05) is 18.2 Å². The van der Waals surface area contributed by atoms with Gasteiger partial charge in [-0.05, 0) is 37.6 Å². The van der Waals surface area contributed by atoms with Crippen LogP contribution in [-0.2, 0) is 15.7 Å². The van der Waals surface area contributed by atoms with Crippen LogP contribution >= 0.6 is 0 Å². The molecule has 0 radical (unpaired) electrons. The number of likely N-dealkylation sites (N-methyl/N-ethyl adjacent to an activating group) is 1. The van der Waals surface area contributed by atoms with E-state index in [4.69, 9.17) is 9.47 Å². The minimum absolute atomic E-state index is 0.00578. The van der Waals surface area contributed by atoms with Crippen LogP contribution in [0.4, 0.5) is 23.7 Å². The zero-order valence-electron chi connectivity index (χ0n) is 18.8. The molecule has 3 rings (SSSR count).